The summed E-state index contributed by atoms with van der Waals surface area (Å²) < 4.78 is 0. The van der Waals surface area contributed by atoms with Gasteiger partial charge in [0, 0.05) is 0 Å². The van der Waals surface area contributed by atoms with Crippen molar-refractivity contribution in [3.05, 3.63) is 0 Å². The van der Waals surface area contributed by atoms with E-state index in [0.717, 1.165) is 88.8 Å². The number of fused-ring (bicyclic) bond motifs is 6. The molecule has 11 saturated carbocycles. The van der Waals surface area contributed by atoms with Crippen LogP contribution in [-0.2, 0) is 0 Å². The Morgan fingerprint density at radius 2 is 0.667 bits per heavy atom. The highest BCUT2D eigenvalue weighted by Gasteiger charge is 2.51. The van der Waals surface area contributed by atoms with Gasteiger partial charge in [-0.3, -0.25) is 0 Å². The molecule has 0 heterocycles. The minimum absolute atomic E-state index is 0.547. The van der Waals surface area contributed by atoms with Crippen molar-refractivity contribution in [2.45, 2.75) is 388 Å². The van der Waals surface area contributed by atoms with E-state index in [0.29, 0.717) is 59.6 Å². The van der Waals surface area contributed by atoms with E-state index in [1.807, 2.05) is 0 Å². The quantitative estimate of drug-likeness (QED) is 0.259. The predicted molar refractivity (Wildman–Crippen MR) is 380 cm³/mol. The maximum atomic E-state index is 2.47. The van der Waals surface area contributed by atoms with E-state index in [1.165, 1.54) is 148 Å². The number of hydrogen-bond acceptors (Lipinski definition) is 0. The molecule has 0 aliphatic heterocycles. The first-order valence-electron chi connectivity index (χ1n) is 38.0. The van der Waals surface area contributed by atoms with Gasteiger partial charge in [0.05, 0.1) is 0 Å². The molecule has 0 spiro atoms. The van der Waals surface area contributed by atoms with Gasteiger partial charge in [-0.2, -0.15) is 0 Å². The van der Waals surface area contributed by atoms with Gasteiger partial charge < -0.3 is 0 Å². The zero-order valence-corrected chi connectivity index (χ0v) is 64.3. The van der Waals surface area contributed by atoms with Crippen LogP contribution in [0.4, 0.5) is 0 Å². The molecule has 11 fully saturated rings. The van der Waals surface area contributed by atoms with E-state index in [2.05, 4.69) is 215 Å². The van der Waals surface area contributed by atoms with E-state index in [1.54, 1.807) is 25.7 Å². The molecule has 9 unspecified atom stereocenters. The van der Waals surface area contributed by atoms with Gasteiger partial charge in [0.15, 0.2) is 0 Å². The van der Waals surface area contributed by atoms with Crippen molar-refractivity contribution in [2.24, 2.45) is 148 Å². The van der Waals surface area contributed by atoms with Crippen LogP contribution in [0.2, 0.25) is 0 Å². The molecule has 0 nitrogen and oxygen atoms in total. The van der Waals surface area contributed by atoms with Crippen molar-refractivity contribution in [3.63, 3.8) is 0 Å². The standard InChI is InChI=1S/2C12H24.2C11H22.2C10H18.C9H16.C9H18/c1-10(2)7-11(3,4)9-12(5,6)8-10;1-6-10-7-11(2,3)9-12(4,5)8-10;1-9-6-10(2,3)8-11(4,5)7-9;1-9-10(2,3)7-6-8-11(9,4)5;1-7-8-4-5-9(6-8)10(7,2)3;1-3-10-7(2)8-4-5-9(10)6-8;1-6-7(2)9-4-3-8(6)5-9;1-8-4-6-9(2,3)7-5-8/h7-9H2,1-6H3;10H,6-9H2,1-5H3;2*9H,6-8H2,1-5H3;7-9H,4-6H2,1-3H3;7-10H,3-6H2,1-2H3;6-9H,3-5H2,1-2H3;8H,4-7H2,1-3H3/t;;;;7-,8?,9?;;6-,7?,8?,9?;/m....1.0./s1. The average molecular weight is 1170 g/mol. The molecule has 11 atom stereocenters. The van der Waals surface area contributed by atoms with Gasteiger partial charge >= 0.3 is 0 Å². The largest absolute Gasteiger partial charge is 0.0651 e. The van der Waals surface area contributed by atoms with Gasteiger partial charge in [0.2, 0.25) is 0 Å². The number of rotatable bonds is 2. The van der Waals surface area contributed by atoms with Crippen molar-refractivity contribution < 1.29 is 0 Å². The maximum absolute atomic E-state index is 2.47. The third kappa shape index (κ3) is 23.0. The molecule has 6 bridgehead atoms. The Morgan fingerprint density at radius 3 is 0.929 bits per heavy atom. The van der Waals surface area contributed by atoms with Gasteiger partial charge in [0.1, 0.15) is 0 Å². The molecule has 11 aliphatic rings. The van der Waals surface area contributed by atoms with Gasteiger partial charge in [0.25, 0.3) is 0 Å². The van der Waals surface area contributed by atoms with Crippen molar-refractivity contribution in [3.8, 4) is 0 Å². The molecule has 0 radical (unpaired) electrons. The molecule has 0 aromatic heterocycles. The van der Waals surface area contributed by atoms with E-state index in [-0.39, 0.29) is 0 Å². The first-order valence-corrected chi connectivity index (χ1v) is 38.0. The minimum Gasteiger partial charge on any atom is -0.0651 e. The average Bonchev–Trinajstić information content (AvgIpc) is 2.40. The van der Waals surface area contributed by atoms with Crippen LogP contribution < -0.4 is 0 Å². The first-order chi connectivity index (χ1) is 38.0. The Hall–Kier alpha value is 0. The smallest absolute Gasteiger partial charge is 0.0297 e. The molecule has 0 heteroatoms. The second kappa shape index (κ2) is 29.3. The molecule has 84 heavy (non-hydrogen) atoms. The lowest BCUT2D eigenvalue weighted by atomic mass is 9.56. The zero-order valence-electron chi connectivity index (χ0n) is 64.3. The Balaban J connectivity index is 0.000000206. The van der Waals surface area contributed by atoms with E-state index in [9.17, 15) is 0 Å². The predicted octanol–water partition coefficient (Wildman–Crippen LogP) is 28.3. The van der Waals surface area contributed by atoms with Crippen molar-refractivity contribution in [1.82, 2.24) is 0 Å². The van der Waals surface area contributed by atoms with Crippen molar-refractivity contribution >= 4 is 0 Å². The van der Waals surface area contributed by atoms with Crippen LogP contribution in [0.25, 0.3) is 0 Å². The zero-order chi connectivity index (χ0) is 64.3. The summed E-state index contributed by atoms with van der Waals surface area (Å²) in [5, 5.41) is 0. The molecule has 0 saturated heterocycles. The van der Waals surface area contributed by atoms with Crippen LogP contribution >= 0.6 is 0 Å². The van der Waals surface area contributed by atoms with Crippen LogP contribution in [-0.4, -0.2) is 0 Å². The Labute approximate surface area is 533 Å². The molecule has 0 N–H and O–H groups in total. The molecule has 11 aliphatic carbocycles. The molecule has 0 aromatic carbocycles. The van der Waals surface area contributed by atoms with Crippen LogP contribution in [0.5, 0.6) is 0 Å². The highest BCUT2D eigenvalue weighted by molar-refractivity contribution is 5.00. The monoisotopic (exact) mass is 1170 g/mol. The van der Waals surface area contributed by atoms with Gasteiger partial charge in [-0.25, -0.2) is 0 Å². The molecule has 11 rings (SSSR count). The Kier molecular flexibility index (Phi) is 26.7. The van der Waals surface area contributed by atoms with Crippen molar-refractivity contribution in [1.29, 1.82) is 0 Å². The summed E-state index contributed by atoms with van der Waals surface area (Å²) in [6.45, 7) is 74.8. The molecule has 0 amide bonds. The third-order valence-corrected chi connectivity index (χ3v) is 27.7. The highest BCUT2D eigenvalue weighted by Crippen LogP contribution is 2.60. The maximum Gasteiger partial charge on any atom is -0.0297 e. The van der Waals surface area contributed by atoms with E-state index >= 15 is 0 Å². The second-order valence-corrected chi connectivity index (χ2v) is 42.3. The van der Waals surface area contributed by atoms with E-state index < -0.39 is 0 Å². The van der Waals surface area contributed by atoms with Crippen LogP contribution in [0.15, 0.2) is 0 Å². The van der Waals surface area contributed by atoms with Crippen LogP contribution in [0, 0.1) is 148 Å². The minimum atomic E-state index is 0.547. The lowest BCUT2D eigenvalue weighted by Crippen LogP contribution is -2.38. The summed E-state index contributed by atoms with van der Waals surface area (Å²) in [6, 6.07) is 0. The topological polar surface area (TPSA) is 0 Å². The normalized spacial score (nSPS) is 37.8. The summed E-state index contributed by atoms with van der Waals surface area (Å²) in [4.78, 5) is 0. The summed E-state index contributed by atoms with van der Waals surface area (Å²) in [7, 11) is 0. The Morgan fingerprint density at radius 1 is 0.310 bits per heavy atom. The molecular formula is C84H162. The summed E-state index contributed by atoms with van der Waals surface area (Å²) in [5.74, 6) is 15.6. The lowest BCUT2D eigenvalue weighted by molar-refractivity contribution is 0.0202. The van der Waals surface area contributed by atoms with Gasteiger partial charge in [-0.1, -0.05) is 247 Å². The van der Waals surface area contributed by atoms with Gasteiger partial charge in [-0.05, 0) is 290 Å². The third-order valence-electron chi connectivity index (χ3n) is 27.7. The van der Waals surface area contributed by atoms with Crippen LogP contribution in [0.3, 0.4) is 0 Å². The van der Waals surface area contributed by atoms with Crippen molar-refractivity contribution in [2.75, 3.05) is 0 Å². The molecule has 0 aromatic rings. The van der Waals surface area contributed by atoms with Gasteiger partial charge in [-0.15, -0.1) is 0 Å². The number of hydrogen-bond donors (Lipinski definition) is 0. The SMILES string of the molecule is CC1(C)CC(C)(C)CC(C)(C)C1.CC1C(C)(C)CCCC1(C)C.CC1C2CCC(C2)[C@H]1C.CC1CC(C)(C)CC(C)(C)C1.CC1CCC(C)(C)CC1.CCC1C2CCC(C2)C1C.CCC1CC(C)(C)CC(C)(C)C1.C[C@@H]1C2CCC(C2)C1(C)C. The summed E-state index contributed by atoms with van der Waals surface area (Å²) in [6.07, 6.45) is 39.3. The highest BCUT2D eigenvalue weighted by atomic mass is 14.6. The molecule has 498 valence electrons. The second-order valence-electron chi connectivity index (χ2n) is 42.3. The van der Waals surface area contributed by atoms with E-state index in [4.69, 9.17) is 0 Å². The fraction of sp³-hybridized carbons (Fsp3) is 1.00. The first kappa shape index (κ1) is 76.5. The summed E-state index contributed by atoms with van der Waals surface area (Å²) in [5.41, 5.74) is 6.45. The lowest BCUT2D eigenvalue weighted by Gasteiger charge is -2.49. The Bertz CT molecular complexity index is 1790. The fourth-order valence-corrected chi connectivity index (χ4v) is 24.3. The fourth-order valence-electron chi connectivity index (χ4n) is 24.3. The van der Waals surface area contributed by atoms with Crippen LogP contribution in [0.1, 0.15) is 388 Å². The molecular weight excluding hydrogens is 1010 g/mol. The summed E-state index contributed by atoms with van der Waals surface area (Å²) >= 11 is 0.